The summed E-state index contributed by atoms with van der Waals surface area (Å²) >= 11 is 1.57. The third-order valence-electron chi connectivity index (χ3n) is 3.44. The zero-order chi connectivity index (χ0) is 16.4. The van der Waals surface area contributed by atoms with E-state index in [-0.39, 0.29) is 18.0 Å². The Bertz CT molecular complexity index is 755. The third-order valence-corrected chi connectivity index (χ3v) is 4.55. The van der Waals surface area contributed by atoms with E-state index in [4.69, 9.17) is 14.3 Å². The van der Waals surface area contributed by atoms with E-state index in [9.17, 15) is 9.59 Å². The number of benzene rings is 1. The molecule has 1 atom stereocenters. The molecule has 2 N–H and O–H groups in total. The molecule has 0 unspecified atom stereocenters. The van der Waals surface area contributed by atoms with Crippen molar-refractivity contribution in [2.45, 2.75) is 24.5 Å². The number of rotatable bonds is 4. The highest BCUT2D eigenvalue weighted by Gasteiger charge is 2.26. The van der Waals surface area contributed by atoms with Gasteiger partial charge >= 0.3 is 5.97 Å². The van der Waals surface area contributed by atoms with Crippen LogP contribution >= 0.6 is 11.8 Å². The van der Waals surface area contributed by atoms with Gasteiger partial charge in [-0.15, -0.1) is 11.8 Å². The van der Waals surface area contributed by atoms with Crippen molar-refractivity contribution in [3.8, 4) is 5.75 Å². The molecule has 2 heterocycles. The Morgan fingerprint density at radius 3 is 2.91 bits per heavy atom. The van der Waals surface area contributed by atoms with Crippen LogP contribution in [0.2, 0.25) is 0 Å². The fourth-order valence-corrected chi connectivity index (χ4v) is 3.26. The summed E-state index contributed by atoms with van der Waals surface area (Å²) in [7, 11) is 0. The Hall–Kier alpha value is -2.41. The average Bonchev–Trinajstić information content (AvgIpc) is 2.93. The molecule has 120 valence electrons. The first-order chi connectivity index (χ1) is 11.0. The van der Waals surface area contributed by atoms with Crippen LogP contribution in [0.4, 0.5) is 0 Å². The van der Waals surface area contributed by atoms with Gasteiger partial charge in [-0.2, -0.15) is 0 Å². The van der Waals surface area contributed by atoms with E-state index < -0.39 is 12.1 Å². The molecular formula is C16H15NO5S. The monoisotopic (exact) mass is 333 g/mol. The Kier molecular flexibility index (Phi) is 4.29. The lowest BCUT2D eigenvalue weighted by molar-refractivity contribution is -0.127. The second kappa shape index (κ2) is 6.37. The van der Waals surface area contributed by atoms with Crippen molar-refractivity contribution in [2.24, 2.45) is 0 Å². The van der Waals surface area contributed by atoms with Crippen LogP contribution in [0.25, 0.3) is 0 Å². The van der Waals surface area contributed by atoms with Gasteiger partial charge in [0, 0.05) is 10.6 Å². The normalized spacial score (nSPS) is 16.3. The lowest BCUT2D eigenvalue weighted by Crippen LogP contribution is -2.40. The molecule has 0 radical (unpaired) electrons. The summed E-state index contributed by atoms with van der Waals surface area (Å²) < 4.78 is 11.0. The number of carbonyl (C=O) groups is 2. The molecule has 6 nitrogen and oxygen atoms in total. The zero-order valence-corrected chi connectivity index (χ0v) is 13.2. The van der Waals surface area contributed by atoms with Gasteiger partial charge in [-0.1, -0.05) is 12.1 Å². The summed E-state index contributed by atoms with van der Waals surface area (Å²) in [6.07, 6.45) is -0.579. The van der Waals surface area contributed by atoms with Crippen molar-refractivity contribution < 1.29 is 23.8 Å². The standard InChI is InChI=1S/C16H15NO5S/c1-9-11(16(19)20)6-10(21-9)7-17-15(18)13-8-23-14-5-3-2-4-12(14)22-13/h2-6,13H,7-8H2,1H3,(H,17,18)(H,19,20)/t13-/m0/s1. The Labute approximate surface area is 136 Å². The molecule has 3 rings (SSSR count). The van der Waals surface area contributed by atoms with Crippen LogP contribution in [-0.4, -0.2) is 28.8 Å². The highest BCUT2D eigenvalue weighted by atomic mass is 32.2. The number of nitrogens with one attached hydrogen (secondary N) is 1. The van der Waals surface area contributed by atoms with E-state index in [0.29, 0.717) is 23.0 Å². The van der Waals surface area contributed by atoms with Gasteiger partial charge in [0.25, 0.3) is 5.91 Å². The third kappa shape index (κ3) is 3.34. The van der Waals surface area contributed by atoms with Crippen LogP contribution in [0.15, 0.2) is 39.6 Å². The minimum atomic E-state index is -1.05. The molecule has 0 aliphatic carbocycles. The number of carboxylic acids is 1. The van der Waals surface area contributed by atoms with Crippen LogP contribution in [-0.2, 0) is 11.3 Å². The smallest absolute Gasteiger partial charge is 0.339 e. The number of aromatic carboxylic acids is 1. The predicted octanol–water partition coefficient (Wildman–Crippen LogP) is 2.46. The van der Waals surface area contributed by atoms with E-state index in [1.807, 2.05) is 24.3 Å². The molecule has 7 heteroatoms. The van der Waals surface area contributed by atoms with Gasteiger partial charge in [-0.25, -0.2) is 4.79 Å². The fraction of sp³-hybridized carbons (Fsp3) is 0.250. The maximum atomic E-state index is 12.2. The van der Waals surface area contributed by atoms with Crippen LogP contribution in [0.3, 0.4) is 0 Å². The quantitative estimate of drug-likeness (QED) is 0.893. The van der Waals surface area contributed by atoms with Gasteiger partial charge < -0.3 is 19.6 Å². The highest BCUT2D eigenvalue weighted by molar-refractivity contribution is 7.99. The van der Waals surface area contributed by atoms with E-state index in [1.54, 1.807) is 18.7 Å². The lowest BCUT2D eigenvalue weighted by atomic mass is 10.2. The van der Waals surface area contributed by atoms with Crippen LogP contribution in [0.1, 0.15) is 21.9 Å². The van der Waals surface area contributed by atoms with Gasteiger partial charge in [0.15, 0.2) is 6.10 Å². The summed E-state index contributed by atoms with van der Waals surface area (Å²) in [5.41, 5.74) is 0.104. The van der Waals surface area contributed by atoms with Crippen molar-refractivity contribution in [3.63, 3.8) is 0 Å². The number of amides is 1. The number of aryl methyl sites for hydroxylation is 1. The van der Waals surface area contributed by atoms with Gasteiger partial charge in [0.05, 0.1) is 6.54 Å². The second-order valence-corrected chi connectivity index (χ2v) is 6.13. The summed E-state index contributed by atoms with van der Waals surface area (Å²) in [5.74, 6) is 0.647. The highest BCUT2D eigenvalue weighted by Crippen LogP contribution is 2.34. The summed E-state index contributed by atoms with van der Waals surface area (Å²) in [6.45, 7) is 1.70. The van der Waals surface area contributed by atoms with Crippen molar-refractivity contribution in [1.29, 1.82) is 0 Å². The van der Waals surface area contributed by atoms with Crippen LogP contribution in [0.5, 0.6) is 5.75 Å². The topological polar surface area (TPSA) is 88.8 Å². The number of carboxylic acid groups (broad SMARTS) is 1. The molecule has 0 saturated heterocycles. The van der Waals surface area contributed by atoms with Crippen LogP contribution in [0, 0.1) is 6.92 Å². The minimum Gasteiger partial charge on any atom is -0.479 e. The predicted molar refractivity (Wildman–Crippen MR) is 83.8 cm³/mol. The maximum Gasteiger partial charge on any atom is 0.339 e. The molecule has 1 aromatic carbocycles. The molecule has 0 spiro atoms. The molecule has 23 heavy (non-hydrogen) atoms. The van der Waals surface area contributed by atoms with E-state index in [0.717, 1.165) is 4.90 Å². The first-order valence-electron chi connectivity index (χ1n) is 7.03. The molecule has 1 aliphatic heterocycles. The minimum absolute atomic E-state index is 0.104. The lowest BCUT2D eigenvalue weighted by Gasteiger charge is -2.24. The SMILES string of the molecule is Cc1oc(CNC(=O)[C@@H]2CSc3ccccc3O2)cc1C(=O)O. The van der Waals surface area contributed by atoms with Crippen molar-refractivity contribution >= 4 is 23.6 Å². The van der Waals surface area contributed by atoms with Gasteiger partial charge in [-0.05, 0) is 25.1 Å². The largest absolute Gasteiger partial charge is 0.479 e. The molecule has 0 bridgehead atoms. The molecule has 0 saturated carbocycles. The van der Waals surface area contributed by atoms with E-state index >= 15 is 0 Å². The number of thioether (sulfide) groups is 1. The van der Waals surface area contributed by atoms with Crippen molar-refractivity contribution in [3.05, 3.63) is 47.4 Å². The number of fused-ring (bicyclic) bond motifs is 1. The Morgan fingerprint density at radius 1 is 1.39 bits per heavy atom. The second-order valence-electron chi connectivity index (χ2n) is 5.07. The summed E-state index contributed by atoms with van der Waals surface area (Å²) in [6, 6.07) is 8.99. The molecule has 1 amide bonds. The maximum absolute atomic E-state index is 12.2. The molecule has 1 aliphatic rings. The number of furan rings is 1. The number of para-hydroxylation sites is 1. The average molecular weight is 333 g/mol. The zero-order valence-electron chi connectivity index (χ0n) is 12.4. The Balaban J connectivity index is 1.60. The first-order valence-corrected chi connectivity index (χ1v) is 8.02. The van der Waals surface area contributed by atoms with E-state index in [1.165, 1.54) is 6.07 Å². The fourth-order valence-electron chi connectivity index (χ4n) is 2.28. The first kappa shape index (κ1) is 15.5. The van der Waals surface area contributed by atoms with Crippen LogP contribution < -0.4 is 10.1 Å². The summed E-state index contributed by atoms with van der Waals surface area (Å²) in [5, 5.41) is 11.7. The molecular weight excluding hydrogens is 318 g/mol. The molecule has 1 aromatic heterocycles. The molecule has 2 aromatic rings. The van der Waals surface area contributed by atoms with Gasteiger partial charge in [0.1, 0.15) is 22.8 Å². The van der Waals surface area contributed by atoms with Gasteiger partial charge in [0.2, 0.25) is 0 Å². The Morgan fingerprint density at radius 2 is 2.17 bits per heavy atom. The van der Waals surface area contributed by atoms with E-state index in [2.05, 4.69) is 5.32 Å². The van der Waals surface area contributed by atoms with Crippen molar-refractivity contribution in [2.75, 3.05) is 5.75 Å². The van der Waals surface area contributed by atoms with Crippen molar-refractivity contribution in [1.82, 2.24) is 5.32 Å². The molecule has 0 fully saturated rings. The van der Waals surface area contributed by atoms with Gasteiger partial charge in [-0.3, -0.25) is 4.79 Å². The number of hydrogen-bond donors (Lipinski definition) is 2. The number of hydrogen-bond acceptors (Lipinski definition) is 5. The number of carbonyl (C=O) groups excluding carboxylic acids is 1. The number of ether oxygens (including phenoxy) is 1. The summed E-state index contributed by atoms with van der Waals surface area (Å²) in [4.78, 5) is 24.2.